The van der Waals surface area contributed by atoms with Gasteiger partial charge in [-0.2, -0.15) is 0 Å². The summed E-state index contributed by atoms with van der Waals surface area (Å²) in [6.07, 6.45) is 46.9. The predicted octanol–water partition coefficient (Wildman–Crippen LogP) is 15.6. The molecule has 0 aromatic rings. The van der Waals surface area contributed by atoms with Gasteiger partial charge in [0.2, 0.25) is 0 Å². The lowest BCUT2D eigenvalue weighted by molar-refractivity contribution is -0.167. The summed E-state index contributed by atoms with van der Waals surface area (Å²) in [4.78, 5) is 37.5. The van der Waals surface area contributed by atoms with E-state index in [2.05, 4.69) is 20.8 Å². The summed E-state index contributed by atoms with van der Waals surface area (Å²) in [6, 6.07) is 0. The van der Waals surface area contributed by atoms with Crippen LogP contribution in [0.4, 0.5) is 0 Å². The summed E-state index contributed by atoms with van der Waals surface area (Å²) in [5.74, 6) is -0.861. The van der Waals surface area contributed by atoms with Gasteiger partial charge < -0.3 is 14.2 Å². The Morgan fingerprint density at radius 2 is 0.491 bits per heavy atom. The van der Waals surface area contributed by atoms with Crippen LogP contribution in [0.5, 0.6) is 0 Å². The van der Waals surface area contributed by atoms with Crippen LogP contribution in [0.25, 0.3) is 0 Å². The first-order chi connectivity index (χ1) is 27.0. The van der Waals surface area contributed by atoms with Gasteiger partial charge in [-0.15, -0.1) is 0 Å². The van der Waals surface area contributed by atoms with Crippen LogP contribution < -0.4 is 0 Å². The standard InChI is InChI=1S/C49H94O6/c1-4-7-10-13-15-17-19-21-23-24-25-26-28-30-32-34-37-39-42-48(51)54-45-46(55-49(52)43-40-35-12-9-6-3)44-53-47(50)41-38-36-33-31-29-27-22-20-18-16-14-11-8-5-2/h46H,4-45H2,1-3H3/t46-/m0/s1. The summed E-state index contributed by atoms with van der Waals surface area (Å²) in [7, 11) is 0. The highest BCUT2D eigenvalue weighted by atomic mass is 16.6. The van der Waals surface area contributed by atoms with Crippen LogP contribution in [0.3, 0.4) is 0 Å². The smallest absolute Gasteiger partial charge is 0.306 e. The normalized spacial score (nSPS) is 11.8. The maximum atomic E-state index is 12.5. The minimum Gasteiger partial charge on any atom is -0.462 e. The van der Waals surface area contributed by atoms with Crippen LogP contribution >= 0.6 is 0 Å². The first kappa shape index (κ1) is 53.4. The van der Waals surface area contributed by atoms with E-state index >= 15 is 0 Å². The van der Waals surface area contributed by atoms with Crippen LogP contribution in [0.1, 0.15) is 278 Å². The molecular weight excluding hydrogens is 685 g/mol. The van der Waals surface area contributed by atoms with E-state index in [4.69, 9.17) is 14.2 Å². The number of ether oxygens (including phenoxy) is 3. The van der Waals surface area contributed by atoms with Gasteiger partial charge in [0.25, 0.3) is 0 Å². The van der Waals surface area contributed by atoms with Crippen molar-refractivity contribution in [1.82, 2.24) is 0 Å². The molecule has 6 nitrogen and oxygen atoms in total. The van der Waals surface area contributed by atoms with Crippen LogP contribution in [0.2, 0.25) is 0 Å². The summed E-state index contributed by atoms with van der Waals surface area (Å²) < 4.78 is 16.6. The van der Waals surface area contributed by atoms with E-state index in [-0.39, 0.29) is 31.1 Å². The molecule has 0 amide bonds. The van der Waals surface area contributed by atoms with Crippen molar-refractivity contribution in [2.45, 2.75) is 284 Å². The van der Waals surface area contributed by atoms with E-state index in [1.54, 1.807) is 0 Å². The van der Waals surface area contributed by atoms with Crippen LogP contribution in [-0.2, 0) is 28.6 Å². The van der Waals surface area contributed by atoms with Gasteiger partial charge in [-0.1, -0.05) is 239 Å². The van der Waals surface area contributed by atoms with Gasteiger partial charge in [0.1, 0.15) is 13.2 Å². The van der Waals surface area contributed by atoms with E-state index in [9.17, 15) is 14.4 Å². The van der Waals surface area contributed by atoms with Gasteiger partial charge in [-0.05, 0) is 19.3 Å². The Balaban J connectivity index is 4.07. The molecule has 0 aromatic heterocycles. The average molecular weight is 779 g/mol. The molecule has 0 radical (unpaired) electrons. The molecule has 0 fully saturated rings. The quantitative estimate of drug-likeness (QED) is 0.0348. The molecule has 0 saturated heterocycles. The predicted molar refractivity (Wildman–Crippen MR) is 233 cm³/mol. The molecule has 0 unspecified atom stereocenters. The first-order valence-electron chi connectivity index (χ1n) is 24.5. The molecule has 0 bridgehead atoms. The van der Waals surface area contributed by atoms with Crippen molar-refractivity contribution in [3.8, 4) is 0 Å². The third-order valence-corrected chi connectivity index (χ3v) is 11.1. The fourth-order valence-corrected chi connectivity index (χ4v) is 7.38. The number of hydrogen-bond acceptors (Lipinski definition) is 6. The zero-order chi connectivity index (χ0) is 40.1. The molecule has 0 aromatic carbocycles. The molecule has 0 aliphatic carbocycles. The summed E-state index contributed by atoms with van der Waals surface area (Å²) in [5.41, 5.74) is 0. The monoisotopic (exact) mass is 779 g/mol. The second kappa shape index (κ2) is 45.1. The zero-order valence-corrected chi connectivity index (χ0v) is 37.2. The van der Waals surface area contributed by atoms with E-state index in [1.807, 2.05) is 0 Å². The highest BCUT2D eigenvalue weighted by Gasteiger charge is 2.19. The lowest BCUT2D eigenvalue weighted by Gasteiger charge is -2.18. The molecular formula is C49H94O6. The maximum Gasteiger partial charge on any atom is 0.306 e. The fourth-order valence-electron chi connectivity index (χ4n) is 7.38. The second-order valence-corrected chi connectivity index (χ2v) is 16.7. The Bertz CT molecular complexity index is 813. The summed E-state index contributed by atoms with van der Waals surface area (Å²) in [5, 5.41) is 0. The van der Waals surface area contributed by atoms with E-state index in [1.165, 1.54) is 173 Å². The van der Waals surface area contributed by atoms with Crippen molar-refractivity contribution in [2.75, 3.05) is 13.2 Å². The van der Waals surface area contributed by atoms with Gasteiger partial charge in [0, 0.05) is 19.3 Å². The fraction of sp³-hybridized carbons (Fsp3) is 0.939. The van der Waals surface area contributed by atoms with E-state index < -0.39 is 6.10 Å². The summed E-state index contributed by atoms with van der Waals surface area (Å²) >= 11 is 0. The number of carbonyl (C=O) groups excluding carboxylic acids is 3. The maximum absolute atomic E-state index is 12.5. The van der Waals surface area contributed by atoms with Gasteiger partial charge in [0.05, 0.1) is 0 Å². The Hall–Kier alpha value is -1.59. The molecule has 0 aliphatic rings. The van der Waals surface area contributed by atoms with Crippen molar-refractivity contribution in [2.24, 2.45) is 0 Å². The number of hydrogen-bond donors (Lipinski definition) is 0. The van der Waals surface area contributed by atoms with Crippen molar-refractivity contribution in [3.05, 3.63) is 0 Å². The van der Waals surface area contributed by atoms with Crippen molar-refractivity contribution >= 4 is 17.9 Å². The number of esters is 3. The highest BCUT2D eigenvalue weighted by Crippen LogP contribution is 2.16. The Morgan fingerprint density at radius 3 is 0.727 bits per heavy atom. The average Bonchev–Trinajstić information content (AvgIpc) is 3.18. The van der Waals surface area contributed by atoms with E-state index in [0.29, 0.717) is 19.3 Å². The molecule has 0 heterocycles. The van der Waals surface area contributed by atoms with Gasteiger partial charge in [0.15, 0.2) is 6.10 Å². The Labute approximate surface area is 342 Å². The molecule has 0 rings (SSSR count). The largest absolute Gasteiger partial charge is 0.462 e. The van der Waals surface area contributed by atoms with Gasteiger partial charge in [-0.3, -0.25) is 14.4 Å². The zero-order valence-electron chi connectivity index (χ0n) is 37.2. The highest BCUT2D eigenvalue weighted by molar-refractivity contribution is 5.71. The Kier molecular flexibility index (Phi) is 43.8. The SMILES string of the molecule is CCCCCCCCCCCCCCCCCCCCC(=O)OC[C@H](COC(=O)CCCCCCCCCCCCCCCC)OC(=O)CCCCCCC. The minimum absolute atomic E-state index is 0.0639. The molecule has 0 spiro atoms. The molecule has 1 atom stereocenters. The van der Waals surface area contributed by atoms with Gasteiger partial charge in [-0.25, -0.2) is 0 Å². The molecule has 0 saturated carbocycles. The Morgan fingerprint density at radius 1 is 0.291 bits per heavy atom. The molecule has 55 heavy (non-hydrogen) atoms. The molecule has 0 N–H and O–H groups in total. The minimum atomic E-state index is -0.757. The van der Waals surface area contributed by atoms with Crippen molar-refractivity contribution < 1.29 is 28.6 Å². The summed E-state index contributed by atoms with van der Waals surface area (Å²) in [6.45, 7) is 6.59. The topological polar surface area (TPSA) is 78.9 Å². The molecule has 0 aliphatic heterocycles. The number of rotatable bonds is 45. The lowest BCUT2D eigenvalue weighted by atomic mass is 10.0. The van der Waals surface area contributed by atoms with Crippen LogP contribution in [0.15, 0.2) is 0 Å². The molecule has 326 valence electrons. The third kappa shape index (κ3) is 43.4. The number of carbonyl (C=O) groups is 3. The molecule has 6 heteroatoms. The second-order valence-electron chi connectivity index (χ2n) is 16.7. The first-order valence-corrected chi connectivity index (χ1v) is 24.5. The van der Waals surface area contributed by atoms with Gasteiger partial charge >= 0.3 is 17.9 Å². The van der Waals surface area contributed by atoms with Crippen LogP contribution in [0, 0.1) is 0 Å². The van der Waals surface area contributed by atoms with Crippen LogP contribution in [-0.4, -0.2) is 37.2 Å². The third-order valence-electron chi connectivity index (χ3n) is 11.1. The van der Waals surface area contributed by atoms with Crippen molar-refractivity contribution in [1.29, 1.82) is 0 Å². The van der Waals surface area contributed by atoms with Crippen molar-refractivity contribution in [3.63, 3.8) is 0 Å². The lowest BCUT2D eigenvalue weighted by Crippen LogP contribution is -2.30. The van der Waals surface area contributed by atoms with E-state index in [0.717, 1.165) is 64.2 Å². The number of unbranched alkanes of at least 4 members (excludes halogenated alkanes) is 34.